The fourth-order valence-electron chi connectivity index (χ4n) is 1.90. The van der Waals surface area contributed by atoms with Gasteiger partial charge in [0.05, 0.1) is 12.0 Å². The summed E-state index contributed by atoms with van der Waals surface area (Å²) in [5.74, 6) is 0.456. The lowest BCUT2D eigenvalue weighted by Gasteiger charge is -2.25. The molecule has 2 atom stereocenters. The van der Waals surface area contributed by atoms with E-state index >= 15 is 0 Å². The topological polar surface area (TPSA) is 35.5 Å². The van der Waals surface area contributed by atoms with Gasteiger partial charge in [-0.3, -0.25) is 4.79 Å². The molecular formula is C13H16O3. The van der Waals surface area contributed by atoms with Crippen molar-refractivity contribution < 1.29 is 14.3 Å². The molecule has 0 aliphatic carbocycles. The first-order valence-corrected chi connectivity index (χ1v) is 5.64. The Morgan fingerprint density at radius 3 is 2.81 bits per heavy atom. The standard InChI is InChI=1S/C13H16O3/c1-10-9-11(7-8-15-10)13(14)16-12-5-3-2-4-6-12/h2-6,10-11H,7-9H2,1H3. The van der Waals surface area contributed by atoms with Crippen molar-refractivity contribution in [1.29, 1.82) is 0 Å². The monoisotopic (exact) mass is 220 g/mol. The molecule has 1 aliphatic heterocycles. The number of ether oxygens (including phenoxy) is 2. The molecule has 16 heavy (non-hydrogen) atoms. The van der Waals surface area contributed by atoms with Gasteiger partial charge in [0.25, 0.3) is 0 Å². The highest BCUT2D eigenvalue weighted by atomic mass is 16.5. The molecule has 2 unspecified atom stereocenters. The molecule has 0 aromatic heterocycles. The number of hydrogen-bond donors (Lipinski definition) is 0. The van der Waals surface area contributed by atoms with Crippen LogP contribution in [0.25, 0.3) is 0 Å². The van der Waals surface area contributed by atoms with Crippen molar-refractivity contribution in [2.75, 3.05) is 6.61 Å². The summed E-state index contributed by atoms with van der Waals surface area (Å²) in [6, 6.07) is 9.19. The number of carbonyl (C=O) groups excluding carboxylic acids is 1. The zero-order valence-corrected chi connectivity index (χ0v) is 9.39. The summed E-state index contributed by atoms with van der Waals surface area (Å²) in [6.45, 7) is 2.64. The molecule has 2 rings (SSSR count). The number of para-hydroxylation sites is 1. The Labute approximate surface area is 95.4 Å². The molecule has 0 amide bonds. The highest BCUT2D eigenvalue weighted by Gasteiger charge is 2.27. The van der Waals surface area contributed by atoms with E-state index in [1.54, 1.807) is 12.1 Å². The van der Waals surface area contributed by atoms with Gasteiger partial charge in [0.2, 0.25) is 0 Å². The molecule has 3 heteroatoms. The fourth-order valence-corrected chi connectivity index (χ4v) is 1.90. The summed E-state index contributed by atoms with van der Waals surface area (Å²) in [7, 11) is 0. The van der Waals surface area contributed by atoms with Crippen LogP contribution in [0.4, 0.5) is 0 Å². The lowest BCUT2D eigenvalue weighted by atomic mass is 9.96. The average Bonchev–Trinajstić information content (AvgIpc) is 2.30. The predicted molar refractivity (Wildman–Crippen MR) is 60.2 cm³/mol. The van der Waals surface area contributed by atoms with Crippen LogP contribution in [-0.2, 0) is 9.53 Å². The minimum absolute atomic E-state index is 0.0241. The molecule has 1 fully saturated rings. The Morgan fingerprint density at radius 2 is 2.12 bits per heavy atom. The van der Waals surface area contributed by atoms with E-state index in [9.17, 15) is 4.79 Å². The Hall–Kier alpha value is -1.35. The normalized spacial score (nSPS) is 25.1. The molecule has 1 aliphatic rings. The van der Waals surface area contributed by atoms with Gasteiger partial charge in [-0.2, -0.15) is 0 Å². The van der Waals surface area contributed by atoms with Crippen LogP contribution < -0.4 is 4.74 Å². The zero-order chi connectivity index (χ0) is 11.4. The first-order chi connectivity index (χ1) is 7.75. The number of benzene rings is 1. The van der Waals surface area contributed by atoms with Crippen molar-refractivity contribution in [3.63, 3.8) is 0 Å². The van der Waals surface area contributed by atoms with Gasteiger partial charge in [-0.1, -0.05) is 18.2 Å². The largest absolute Gasteiger partial charge is 0.426 e. The van der Waals surface area contributed by atoms with E-state index in [1.807, 2.05) is 25.1 Å². The number of carbonyl (C=O) groups is 1. The summed E-state index contributed by atoms with van der Waals surface area (Å²) < 4.78 is 10.7. The maximum absolute atomic E-state index is 11.8. The van der Waals surface area contributed by atoms with Crippen molar-refractivity contribution in [1.82, 2.24) is 0 Å². The molecule has 86 valence electrons. The van der Waals surface area contributed by atoms with Gasteiger partial charge in [0.1, 0.15) is 5.75 Å². The van der Waals surface area contributed by atoms with E-state index < -0.39 is 0 Å². The van der Waals surface area contributed by atoms with Gasteiger partial charge in [0, 0.05) is 6.61 Å². The summed E-state index contributed by atoms with van der Waals surface area (Å²) in [4.78, 5) is 11.8. The number of hydrogen-bond acceptors (Lipinski definition) is 3. The van der Waals surface area contributed by atoms with Gasteiger partial charge in [-0.15, -0.1) is 0 Å². The summed E-state index contributed by atoms with van der Waals surface area (Å²) in [6.07, 6.45) is 1.67. The molecular weight excluding hydrogens is 204 g/mol. The lowest BCUT2D eigenvalue weighted by Crippen LogP contribution is -2.31. The maximum atomic E-state index is 11.8. The minimum Gasteiger partial charge on any atom is -0.426 e. The van der Waals surface area contributed by atoms with Gasteiger partial charge >= 0.3 is 5.97 Å². The second kappa shape index (κ2) is 5.12. The minimum atomic E-state index is -0.138. The van der Waals surface area contributed by atoms with Crippen molar-refractivity contribution in [3.8, 4) is 5.75 Å². The van der Waals surface area contributed by atoms with Crippen LogP contribution in [0.5, 0.6) is 5.75 Å². The maximum Gasteiger partial charge on any atom is 0.314 e. The first kappa shape index (κ1) is 11.1. The van der Waals surface area contributed by atoms with E-state index in [2.05, 4.69) is 0 Å². The van der Waals surface area contributed by atoms with Crippen molar-refractivity contribution in [2.45, 2.75) is 25.9 Å². The Kier molecular flexibility index (Phi) is 3.57. The second-order valence-electron chi connectivity index (χ2n) is 4.14. The molecule has 1 heterocycles. The summed E-state index contributed by atoms with van der Waals surface area (Å²) in [5, 5.41) is 0. The van der Waals surface area contributed by atoms with Crippen molar-refractivity contribution in [3.05, 3.63) is 30.3 Å². The molecule has 1 saturated heterocycles. The highest BCUT2D eigenvalue weighted by molar-refractivity contribution is 5.75. The molecule has 0 N–H and O–H groups in total. The molecule has 1 aromatic rings. The summed E-state index contributed by atoms with van der Waals surface area (Å²) in [5.41, 5.74) is 0. The van der Waals surface area contributed by atoms with Crippen LogP contribution >= 0.6 is 0 Å². The quantitative estimate of drug-likeness (QED) is 0.567. The van der Waals surface area contributed by atoms with Crippen LogP contribution in [0, 0.1) is 5.92 Å². The lowest BCUT2D eigenvalue weighted by molar-refractivity contribution is -0.143. The van der Waals surface area contributed by atoms with Crippen LogP contribution in [-0.4, -0.2) is 18.7 Å². The molecule has 0 saturated carbocycles. The molecule has 0 radical (unpaired) electrons. The molecule has 1 aromatic carbocycles. The Bertz CT molecular complexity index is 347. The van der Waals surface area contributed by atoms with E-state index in [1.165, 1.54) is 0 Å². The van der Waals surface area contributed by atoms with Crippen LogP contribution in [0.3, 0.4) is 0 Å². The van der Waals surface area contributed by atoms with Crippen LogP contribution in [0.2, 0.25) is 0 Å². The Morgan fingerprint density at radius 1 is 1.38 bits per heavy atom. The van der Waals surface area contributed by atoms with E-state index in [0.717, 1.165) is 12.8 Å². The van der Waals surface area contributed by atoms with E-state index in [0.29, 0.717) is 12.4 Å². The third-order valence-electron chi connectivity index (χ3n) is 2.78. The highest BCUT2D eigenvalue weighted by Crippen LogP contribution is 2.22. The van der Waals surface area contributed by atoms with Crippen molar-refractivity contribution in [2.24, 2.45) is 5.92 Å². The average molecular weight is 220 g/mol. The van der Waals surface area contributed by atoms with Gasteiger partial charge in [0.15, 0.2) is 0 Å². The predicted octanol–water partition coefficient (Wildman–Crippen LogP) is 2.41. The smallest absolute Gasteiger partial charge is 0.314 e. The van der Waals surface area contributed by atoms with E-state index in [-0.39, 0.29) is 18.0 Å². The fraction of sp³-hybridized carbons (Fsp3) is 0.462. The molecule has 0 bridgehead atoms. The first-order valence-electron chi connectivity index (χ1n) is 5.64. The van der Waals surface area contributed by atoms with Gasteiger partial charge in [-0.05, 0) is 31.9 Å². The molecule has 3 nitrogen and oxygen atoms in total. The number of rotatable bonds is 2. The SMILES string of the molecule is CC1CC(C(=O)Oc2ccccc2)CCO1. The van der Waals surface area contributed by atoms with Crippen LogP contribution in [0.15, 0.2) is 30.3 Å². The Balaban J connectivity index is 1.93. The van der Waals surface area contributed by atoms with Crippen molar-refractivity contribution >= 4 is 5.97 Å². The molecule has 0 spiro atoms. The third kappa shape index (κ3) is 2.83. The third-order valence-corrected chi connectivity index (χ3v) is 2.78. The zero-order valence-electron chi connectivity index (χ0n) is 9.39. The van der Waals surface area contributed by atoms with Gasteiger partial charge < -0.3 is 9.47 Å². The van der Waals surface area contributed by atoms with Crippen LogP contribution in [0.1, 0.15) is 19.8 Å². The summed E-state index contributed by atoms with van der Waals surface area (Å²) >= 11 is 0. The second-order valence-corrected chi connectivity index (χ2v) is 4.14. The number of esters is 1. The van der Waals surface area contributed by atoms with Gasteiger partial charge in [-0.25, -0.2) is 0 Å². The van der Waals surface area contributed by atoms with E-state index in [4.69, 9.17) is 9.47 Å².